The number of aryl methyl sites for hydroxylation is 1. The highest BCUT2D eigenvalue weighted by Gasteiger charge is 2.21. The third kappa shape index (κ3) is 2.62. The summed E-state index contributed by atoms with van der Waals surface area (Å²) in [4.78, 5) is 12.5. The van der Waals surface area contributed by atoms with Crippen LogP contribution in [0.25, 0.3) is 11.5 Å². The first-order chi connectivity index (χ1) is 10.2. The van der Waals surface area contributed by atoms with Gasteiger partial charge in [0.1, 0.15) is 5.69 Å². The minimum absolute atomic E-state index is 0.237. The van der Waals surface area contributed by atoms with Crippen LogP contribution in [0.3, 0.4) is 0 Å². The minimum Gasteiger partial charge on any atom is -0.463 e. The van der Waals surface area contributed by atoms with E-state index in [0.29, 0.717) is 28.4 Å². The Morgan fingerprint density at radius 2 is 2.10 bits per heavy atom. The zero-order chi connectivity index (χ0) is 14.8. The van der Waals surface area contributed by atoms with Crippen molar-refractivity contribution in [2.45, 2.75) is 6.92 Å². The van der Waals surface area contributed by atoms with Gasteiger partial charge in [0.2, 0.25) is 0 Å². The van der Waals surface area contributed by atoms with Gasteiger partial charge in [-0.3, -0.25) is 9.89 Å². The number of aromatic nitrogens is 2. The molecule has 2 aromatic heterocycles. The van der Waals surface area contributed by atoms with Crippen LogP contribution < -0.4 is 5.32 Å². The molecule has 0 saturated heterocycles. The second-order valence-corrected chi connectivity index (χ2v) is 5.34. The summed E-state index contributed by atoms with van der Waals surface area (Å²) in [5, 5.41) is 9.84. The van der Waals surface area contributed by atoms with E-state index in [9.17, 15) is 4.79 Å². The van der Waals surface area contributed by atoms with Crippen LogP contribution in [0.1, 0.15) is 16.1 Å². The summed E-state index contributed by atoms with van der Waals surface area (Å²) in [6.45, 7) is 1.80. The fraction of sp³-hybridized carbons (Fsp3) is 0.0667. The van der Waals surface area contributed by atoms with Gasteiger partial charge >= 0.3 is 0 Å². The molecular weight excluding hydrogens is 334 g/mol. The number of nitrogens with zero attached hydrogens (tertiary/aromatic N) is 1. The third-order valence-corrected chi connectivity index (χ3v) is 3.74. The summed E-state index contributed by atoms with van der Waals surface area (Å²) in [5.41, 5.74) is 2.36. The first kappa shape index (κ1) is 13.6. The number of furan rings is 1. The summed E-state index contributed by atoms with van der Waals surface area (Å²) in [7, 11) is 0. The van der Waals surface area contributed by atoms with E-state index >= 15 is 0 Å². The molecule has 0 spiro atoms. The predicted molar refractivity (Wildman–Crippen MR) is 83.1 cm³/mol. The van der Waals surface area contributed by atoms with Crippen LogP contribution in [-0.4, -0.2) is 16.1 Å². The lowest BCUT2D eigenvalue weighted by Gasteiger charge is -2.07. The lowest BCUT2D eigenvalue weighted by Crippen LogP contribution is -2.13. The highest BCUT2D eigenvalue weighted by molar-refractivity contribution is 9.10. The minimum atomic E-state index is -0.237. The molecule has 3 rings (SSSR count). The fourth-order valence-corrected chi connectivity index (χ4v) is 2.43. The van der Waals surface area contributed by atoms with Crippen molar-refractivity contribution in [3.05, 3.63) is 58.4 Å². The molecule has 0 radical (unpaired) electrons. The Bertz CT molecular complexity index is 778. The number of carbonyl (C=O) groups is 1. The first-order valence-electron chi connectivity index (χ1n) is 6.31. The van der Waals surface area contributed by atoms with Crippen LogP contribution in [0.15, 0.2) is 51.6 Å². The molecule has 21 heavy (non-hydrogen) atoms. The number of anilines is 1. The molecule has 0 bridgehead atoms. The lowest BCUT2D eigenvalue weighted by atomic mass is 10.1. The van der Waals surface area contributed by atoms with Crippen molar-refractivity contribution in [2.24, 2.45) is 0 Å². The molecular formula is C15H12BrN3O2. The highest BCUT2D eigenvalue weighted by Crippen LogP contribution is 2.27. The van der Waals surface area contributed by atoms with E-state index in [4.69, 9.17) is 4.42 Å². The maximum Gasteiger partial charge on any atom is 0.259 e. The Hall–Kier alpha value is -2.34. The largest absolute Gasteiger partial charge is 0.463 e. The Kier molecular flexibility index (Phi) is 3.62. The van der Waals surface area contributed by atoms with Crippen LogP contribution in [0, 0.1) is 6.92 Å². The Labute approximate surface area is 129 Å². The summed E-state index contributed by atoms with van der Waals surface area (Å²) >= 11 is 3.41. The summed E-state index contributed by atoms with van der Waals surface area (Å²) < 4.78 is 6.14. The summed E-state index contributed by atoms with van der Waals surface area (Å²) in [6.07, 6.45) is 1.55. The van der Waals surface area contributed by atoms with E-state index in [1.807, 2.05) is 24.3 Å². The number of amides is 1. The molecule has 0 saturated carbocycles. The van der Waals surface area contributed by atoms with Gasteiger partial charge in [0.15, 0.2) is 5.76 Å². The molecule has 106 valence electrons. The number of hydrogen-bond acceptors (Lipinski definition) is 3. The maximum atomic E-state index is 12.5. The molecule has 0 aliphatic rings. The zero-order valence-corrected chi connectivity index (χ0v) is 12.8. The molecule has 1 amide bonds. The topological polar surface area (TPSA) is 70.9 Å². The number of para-hydroxylation sites is 1. The number of nitrogens with one attached hydrogen (secondary N) is 2. The van der Waals surface area contributed by atoms with Gasteiger partial charge in [-0.1, -0.05) is 12.1 Å². The number of H-pyrrole nitrogens is 1. The molecule has 2 N–H and O–H groups in total. The van der Waals surface area contributed by atoms with Crippen molar-refractivity contribution in [3.8, 4) is 11.5 Å². The molecule has 6 heteroatoms. The van der Waals surface area contributed by atoms with Crippen LogP contribution in [0.2, 0.25) is 0 Å². The molecule has 0 aliphatic heterocycles. The van der Waals surface area contributed by atoms with Crippen LogP contribution in [0.5, 0.6) is 0 Å². The smallest absolute Gasteiger partial charge is 0.259 e. The molecule has 0 fully saturated rings. The number of hydrogen-bond donors (Lipinski definition) is 2. The van der Waals surface area contributed by atoms with Crippen LogP contribution in [-0.2, 0) is 0 Å². The molecule has 2 heterocycles. The van der Waals surface area contributed by atoms with Crippen molar-refractivity contribution in [3.63, 3.8) is 0 Å². The monoisotopic (exact) mass is 345 g/mol. The average Bonchev–Trinajstić information content (AvgIpc) is 3.10. The Morgan fingerprint density at radius 3 is 2.81 bits per heavy atom. The molecule has 5 nitrogen and oxygen atoms in total. The van der Waals surface area contributed by atoms with Crippen LogP contribution in [0.4, 0.5) is 5.69 Å². The van der Waals surface area contributed by atoms with Gasteiger partial charge < -0.3 is 9.73 Å². The Balaban J connectivity index is 1.96. The number of carbonyl (C=O) groups excluding carboxylic acids is 1. The van der Waals surface area contributed by atoms with Gasteiger partial charge in [-0.05, 0) is 47.1 Å². The number of halogens is 1. The third-order valence-electron chi connectivity index (χ3n) is 3.05. The van der Waals surface area contributed by atoms with Crippen LogP contribution >= 0.6 is 15.9 Å². The van der Waals surface area contributed by atoms with E-state index in [1.54, 1.807) is 25.3 Å². The van der Waals surface area contributed by atoms with E-state index in [-0.39, 0.29) is 5.91 Å². The van der Waals surface area contributed by atoms with Crippen molar-refractivity contribution in [2.75, 3.05) is 5.32 Å². The van der Waals surface area contributed by atoms with Gasteiger partial charge in [-0.2, -0.15) is 5.10 Å². The van der Waals surface area contributed by atoms with Gasteiger partial charge in [-0.25, -0.2) is 0 Å². The van der Waals surface area contributed by atoms with E-state index in [1.165, 1.54) is 0 Å². The van der Waals surface area contributed by atoms with E-state index in [0.717, 1.165) is 4.47 Å². The second-order valence-electron chi connectivity index (χ2n) is 4.48. The quantitative estimate of drug-likeness (QED) is 0.753. The average molecular weight is 346 g/mol. The zero-order valence-electron chi connectivity index (χ0n) is 11.2. The second kappa shape index (κ2) is 5.57. The van der Waals surface area contributed by atoms with Crippen molar-refractivity contribution in [1.82, 2.24) is 10.2 Å². The van der Waals surface area contributed by atoms with Crippen molar-refractivity contribution in [1.29, 1.82) is 0 Å². The van der Waals surface area contributed by atoms with Gasteiger partial charge in [0, 0.05) is 10.2 Å². The van der Waals surface area contributed by atoms with Crippen molar-refractivity contribution < 1.29 is 9.21 Å². The Morgan fingerprint density at radius 1 is 1.29 bits per heavy atom. The first-order valence-corrected chi connectivity index (χ1v) is 7.11. The molecule has 0 aliphatic carbocycles. The summed E-state index contributed by atoms with van der Waals surface area (Å²) in [6, 6.07) is 11.0. The molecule has 1 aromatic carbocycles. The number of benzene rings is 1. The number of rotatable bonds is 3. The molecule has 3 aromatic rings. The van der Waals surface area contributed by atoms with E-state index in [2.05, 4.69) is 31.4 Å². The van der Waals surface area contributed by atoms with E-state index < -0.39 is 0 Å². The lowest BCUT2D eigenvalue weighted by molar-refractivity contribution is 0.102. The van der Waals surface area contributed by atoms with Crippen molar-refractivity contribution >= 4 is 27.5 Å². The fourth-order valence-electron chi connectivity index (χ4n) is 2.05. The maximum absolute atomic E-state index is 12.5. The van der Waals surface area contributed by atoms with Gasteiger partial charge in [0.25, 0.3) is 5.91 Å². The molecule has 0 unspecified atom stereocenters. The summed E-state index contributed by atoms with van der Waals surface area (Å²) in [5.74, 6) is 0.316. The predicted octanol–water partition coefficient (Wildman–Crippen LogP) is 3.99. The SMILES string of the molecule is Cc1[nH]nc(-c2ccco2)c1C(=O)Nc1ccccc1Br. The number of aromatic amines is 1. The normalized spacial score (nSPS) is 10.6. The standard InChI is InChI=1S/C15H12BrN3O2/c1-9-13(14(19-18-9)12-7-4-8-21-12)15(20)17-11-6-3-2-5-10(11)16/h2-8H,1H3,(H,17,20)(H,18,19). The van der Waals surface area contributed by atoms with Gasteiger partial charge in [-0.15, -0.1) is 0 Å². The van der Waals surface area contributed by atoms with Gasteiger partial charge in [0.05, 0.1) is 17.5 Å². The highest BCUT2D eigenvalue weighted by atomic mass is 79.9. The molecule has 0 atom stereocenters.